The molecule has 1 radical (unpaired) electrons. The fourth-order valence-corrected chi connectivity index (χ4v) is 1.08. The van der Waals surface area contributed by atoms with Crippen molar-refractivity contribution in [2.45, 2.75) is 13.5 Å². The van der Waals surface area contributed by atoms with Crippen LogP contribution in [0, 0.1) is 0 Å². The highest BCUT2D eigenvalue weighted by atomic mass is 16.1. The molecule has 2 nitrogen and oxygen atoms in total. The minimum Gasteiger partial charge on any atom is -0.344 e. The standard InChI is InChI=1S/C11H12NO/c1-9(2)11-5-3-4-10(6-11)7-12-8-13/h3-6H,1,7H2,2H3,(H,12,13). The summed E-state index contributed by atoms with van der Waals surface area (Å²) in [6.45, 7) is 6.32. The molecule has 0 aliphatic carbocycles. The van der Waals surface area contributed by atoms with E-state index in [4.69, 9.17) is 0 Å². The summed E-state index contributed by atoms with van der Waals surface area (Å²) < 4.78 is 0. The van der Waals surface area contributed by atoms with E-state index in [1.54, 1.807) is 6.41 Å². The van der Waals surface area contributed by atoms with E-state index >= 15 is 0 Å². The zero-order valence-electron chi connectivity index (χ0n) is 7.63. The number of carbonyl (C=O) groups excluding carboxylic acids is 1. The van der Waals surface area contributed by atoms with Crippen molar-refractivity contribution in [1.82, 2.24) is 5.32 Å². The van der Waals surface area contributed by atoms with Gasteiger partial charge in [0.25, 0.3) is 0 Å². The highest BCUT2D eigenvalue weighted by molar-refractivity contribution is 5.61. The van der Waals surface area contributed by atoms with Crippen molar-refractivity contribution in [3.63, 3.8) is 0 Å². The first-order valence-electron chi connectivity index (χ1n) is 4.09. The lowest BCUT2D eigenvalue weighted by Crippen LogP contribution is -2.09. The Kier molecular flexibility index (Phi) is 3.26. The van der Waals surface area contributed by atoms with Crippen LogP contribution in [0.3, 0.4) is 0 Å². The Balaban J connectivity index is 2.79. The summed E-state index contributed by atoms with van der Waals surface area (Å²) in [5, 5.41) is 2.50. The average molecular weight is 174 g/mol. The normalized spacial score (nSPS) is 9.31. The van der Waals surface area contributed by atoms with Crippen LogP contribution in [0.4, 0.5) is 0 Å². The summed E-state index contributed by atoms with van der Waals surface area (Å²) >= 11 is 0. The molecule has 0 aromatic heterocycles. The molecule has 0 saturated heterocycles. The average Bonchev–Trinajstić information content (AvgIpc) is 2.15. The molecule has 0 atom stereocenters. The number of nitrogens with one attached hydrogen (secondary N) is 1. The SMILES string of the molecule is C=C(C)c1cccc(CN[C]=O)c1. The maximum Gasteiger partial charge on any atom is 0.309 e. The molecule has 0 fully saturated rings. The molecule has 1 N–H and O–H groups in total. The van der Waals surface area contributed by atoms with Gasteiger partial charge in [0.15, 0.2) is 0 Å². The molecule has 1 rings (SSSR count). The van der Waals surface area contributed by atoms with E-state index in [-0.39, 0.29) is 0 Å². The van der Waals surface area contributed by atoms with Crippen LogP contribution < -0.4 is 5.32 Å². The predicted octanol–water partition coefficient (Wildman–Crippen LogP) is 1.88. The van der Waals surface area contributed by atoms with Gasteiger partial charge in [0.2, 0.25) is 0 Å². The second-order valence-electron chi connectivity index (χ2n) is 2.94. The molecule has 0 bridgehead atoms. The molecule has 0 aliphatic rings. The van der Waals surface area contributed by atoms with Gasteiger partial charge >= 0.3 is 6.41 Å². The van der Waals surface area contributed by atoms with Crippen molar-refractivity contribution >= 4 is 12.0 Å². The molecular formula is C11H12NO. The molecule has 0 heterocycles. The Hall–Kier alpha value is -1.57. The summed E-state index contributed by atoms with van der Waals surface area (Å²) in [5.74, 6) is 0. The Morgan fingerprint density at radius 3 is 3.00 bits per heavy atom. The molecule has 0 unspecified atom stereocenters. The molecule has 1 aromatic rings. The van der Waals surface area contributed by atoms with Gasteiger partial charge in [-0.05, 0) is 24.1 Å². The topological polar surface area (TPSA) is 29.1 Å². The number of allylic oxidation sites excluding steroid dienone is 1. The quantitative estimate of drug-likeness (QED) is 0.694. The van der Waals surface area contributed by atoms with Crippen LogP contribution in [0.25, 0.3) is 5.57 Å². The minimum atomic E-state index is 0.518. The van der Waals surface area contributed by atoms with Crippen LogP contribution in [-0.4, -0.2) is 6.41 Å². The second-order valence-corrected chi connectivity index (χ2v) is 2.94. The highest BCUT2D eigenvalue weighted by Gasteiger charge is 1.95. The zero-order chi connectivity index (χ0) is 9.68. The predicted molar refractivity (Wildman–Crippen MR) is 53.7 cm³/mol. The van der Waals surface area contributed by atoms with Crippen molar-refractivity contribution < 1.29 is 4.79 Å². The fraction of sp³-hybridized carbons (Fsp3) is 0.182. The van der Waals surface area contributed by atoms with Crippen LogP contribution in [0.2, 0.25) is 0 Å². The largest absolute Gasteiger partial charge is 0.344 e. The number of rotatable bonds is 4. The first-order valence-corrected chi connectivity index (χ1v) is 4.09. The van der Waals surface area contributed by atoms with E-state index in [0.717, 1.165) is 16.7 Å². The minimum absolute atomic E-state index is 0.518. The second kappa shape index (κ2) is 4.45. The van der Waals surface area contributed by atoms with Gasteiger partial charge < -0.3 is 5.32 Å². The first-order chi connectivity index (χ1) is 6.24. The number of amides is 1. The molecule has 0 spiro atoms. The molecule has 0 saturated carbocycles. The van der Waals surface area contributed by atoms with Crippen molar-refractivity contribution in [1.29, 1.82) is 0 Å². The van der Waals surface area contributed by atoms with Crippen LogP contribution in [0.1, 0.15) is 18.1 Å². The van der Waals surface area contributed by atoms with E-state index in [9.17, 15) is 4.79 Å². The summed E-state index contributed by atoms with van der Waals surface area (Å²) in [6, 6.07) is 7.91. The molecular weight excluding hydrogens is 162 g/mol. The fourth-order valence-electron chi connectivity index (χ4n) is 1.08. The van der Waals surface area contributed by atoms with Gasteiger partial charge in [0, 0.05) is 6.54 Å². The van der Waals surface area contributed by atoms with Gasteiger partial charge in [0.05, 0.1) is 0 Å². The van der Waals surface area contributed by atoms with Gasteiger partial charge in [-0.2, -0.15) is 0 Å². The first kappa shape index (κ1) is 9.52. The summed E-state index contributed by atoms with van der Waals surface area (Å²) in [4.78, 5) is 9.94. The van der Waals surface area contributed by atoms with Crippen molar-refractivity contribution in [3.8, 4) is 0 Å². The summed E-state index contributed by atoms with van der Waals surface area (Å²) in [6.07, 6.45) is 1.64. The molecule has 67 valence electrons. The molecule has 2 heteroatoms. The summed E-state index contributed by atoms with van der Waals surface area (Å²) in [7, 11) is 0. The van der Waals surface area contributed by atoms with Crippen LogP contribution in [-0.2, 0) is 11.3 Å². The Labute approximate surface area is 78.3 Å². The third-order valence-corrected chi connectivity index (χ3v) is 1.78. The van der Waals surface area contributed by atoms with Gasteiger partial charge in [0.1, 0.15) is 0 Å². The Bertz CT molecular complexity index is 318. The van der Waals surface area contributed by atoms with Crippen molar-refractivity contribution in [2.24, 2.45) is 0 Å². The van der Waals surface area contributed by atoms with E-state index in [1.165, 1.54) is 0 Å². The highest BCUT2D eigenvalue weighted by Crippen LogP contribution is 2.12. The zero-order valence-corrected chi connectivity index (χ0v) is 7.63. The maximum atomic E-state index is 9.94. The monoisotopic (exact) mass is 174 g/mol. The Morgan fingerprint density at radius 1 is 1.62 bits per heavy atom. The lowest BCUT2D eigenvalue weighted by molar-refractivity contribution is 0.542. The third kappa shape index (κ3) is 2.75. The maximum absolute atomic E-state index is 9.94. The van der Waals surface area contributed by atoms with E-state index in [2.05, 4.69) is 11.9 Å². The van der Waals surface area contributed by atoms with E-state index in [0.29, 0.717) is 6.54 Å². The number of hydrogen-bond acceptors (Lipinski definition) is 1. The van der Waals surface area contributed by atoms with E-state index < -0.39 is 0 Å². The van der Waals surface area contributed by atoms with Crippen LogP contribution in [0.15, 0.2) is 30.8 Å². The molecule has 0 aliphatic heterocycles. The van der Waals surface area contributed by atoms with Crippen LogP contribution >= 0.6 is 0 Å². The van der Waals surface area contributed by atoms with Crippen molar-refractivity contribution in [3.05, 3.63) is 42.0 Å². The summed E-state index contributed by atoms with van der Waals surface area (Å²) in [5.41, 5.74) is 3.19. The number of hydrogen-bond donors (Lipinski definition) is 1. The van der Waals surface area contributed by atoms with Crippen molar-refractivity contribution in [2.75, 3.05) is 0 Å². The molecule has 13 heavy (non-hydrogen) atoms. The van der Waals surface area contributed by atoms with Gasteiger partial charge in [-0.15, -0.1) is 0 Å². The van der Waals surface area contributed by atoms with Gasteiger partial charge in [-0.1, -0.05) is 30.4 Å². The molecule has 1 aromatic carbocycles. The smallest absolute Gasteiger partial charge is 0.309 e. The number of benzene rings is 1. The lowest BCUT2D eigenvalue weighted by Gasteiger charge is -2.03. The Morgan fingerprint density at radius 2 is 2.38 bits per heavy atom. The van der Waals surface area contributed by atoms with Gasteiger partial charge in [-0.25, -0.2) is 0 Å². The lowest BCUT2D eigenvalue weighted by atomic mass is 10.1. The van der Waals surface area contributed by atoms with E-state index in [1.807, 2.05) is 31.2 Å². The third-order valence-electron chi connectivity index (χ3n) is 1.78. The molecule has 1 amide bonds. The van der Waals surface area contributed by atoms with Crippen LogP contribution in [0.5, 0.6) is 0 Å². The van der Waals surface area contributed by atoms with Gasteiger partial charge in [-0.3, -0.25) is 4.79 Å².